The number of carbonyl (C=O) groups is 1. The molecule has 0 radical (unpaired) electrons. The van der Waals surface area contributed by atoms with Gasteiger partial charge < -0.3 is 5.11 Å². The second-order valence-electron chi connectivity index (χ2n) is 12.8. The zero-order valence-corrected chi connectivity index (χ0v) is 20.5. The minimum absolute atomic E-state index is 0.305. The summed E-state index contributed by atoms with van der Waals surface area (Å²) in [6, 6.07) is 0. The molecule has 0 amide bonds. The first-order chi connectivity index (χ1) is 14.2. The van der Waals surface area contributed by atoms with E-state index >= 15 is 0 Å². The average molecular weight is 417 g/mol. The van der Waals surface area contributed by atoms with Gasteiger partial charge in [-0.2, -0.15) is 0 Å². The Morgan fingerprint density at radius 3 is 2.37 bits per heavy atom. The highest BCUT2D eigenvalue weighted by atomic mass is 16.3. The number of aliphatic hydroxyl groups excluding tert-OH is 1. The SMILES string of the molecule is CC(CO)[C@H](C)CC[C@@H](C)[C@H]1CC[C@H]2[C@@H]3CC(=O)C4CCCC[C@]4(C)[C@H]3CC[C@]12C. The van der Waals surface area contributed by atoms with Crippen molar-refractivity contribution in [2.45, 2.75) is 105 Å². The number of carbonyl (C=O) groups excluding carboxylic acids is 1. The molecule has 172 valence electrons. The third-order valence-electron chi connectivity index (χ3n) is 11.5. The maximum atomic E-state index is 13.2. The van der Waals surface area contributed by atoms with Crippen LogP contribution in [-0.4, -0.2) is 17.5 Å². The van der Waals surface area contributed by atoms with Gasteiger partial charge in [0.25, 0.3) is 0 Å². The van der Waals surface area contributed by atoms with Crippen LogP contribution in [0.1, 0.15) is 105 Å². The van der Waals surface area contributed by atoms with Crippen molar-refractivity contribution in [3.8, 4) is 0 Å². The third-order valence-corrected chi connectivity index (χ3v) is 11.5. The van der Waals surface area contributed by atoms with Crippen molar-refractivity contribution in [2.24, 2.45) is 58.2 Å². The number of aliphatic hydroxyl groups is 1. The maximum Gasteiger partial charge on any atom is 0.136 e. The molecule has 0 saturated heterocycles. The van der Waals surface area contributed by atoms with Crippen LogP contribution in [0.5, 0.6) is 0 Å². The zero-order valence-electron chi connectivity index (χ0n) is 20.5. The van der Waals surface area contributed by atoms with Gasteiger partial charge in [-0.25, -0.2) is 0 Å². The first-order valence-corrected chi connectivity index (χ1v) is 13.4. The lowest BCUT2D eigenvalue weighted by Gasteiger charge is -2.60. The number of hydrogen-bond donors (Lipinski definition) is 1. The summed E-state index contributed by atoms with van der Waals surface area (Å²) in [4.78, 5) is 13.2. The fraction of sp³-hybridized carbons (Fsp3) is 0.964. The summed E-state index contributed by atoms with van der Waals surface area (Å²) < 4.78 is 0. The van der Waals surface area contributed by atoms with Gasteiger partial charge in [0.15, 0.2) is 0 Å². The molecule has 1 N–H and O–H groups in total. The lowest BCUT2D eigenvalue weighted by atomic mass is 9.44. The Labute approximate surface area is 186 Å². The molecule has 4 rings (SSSR count). The van der Waals surface area contributed by atoms with Crippen LogP contribution in [0.3, 0.4) is 0 Å². The summed E-state index contributed by atoms with van der Waals surface area (Å²) in [6.45, 7) is 12.4. The van der Waals surface area contributed by atoms with Crippen molar-refractivity contribution in [1.29, 1.82) is 0 Å². The van der Waals surface area contributed by atoms with Crippen LogP contribution in [0, 0.1) is 58.2 Å². The molecule has 2 heteroatoms. The fourth-order valence-electron chi connectivity index (χ4n) is 9.26. The van der Waals surface area contributed by atoms with Gasteiger partial charge in [0.1, 0.15) is 5.78 Å². The van der Waals surface area contributed by atoms with Crippen molar-refractivity contribution in [3.05, 3.63) is 0 Å². The van der Waals surface area contributed by atoms with E-state index in [1.165, 1.54) is 64.2 Å². The van der Waals surface area contributed by atoms with Crippen molar-refractivity contribution >= 4 is 5.78 Å². The highest BCUT2D eigenvalue weighted by Gasteiger charge is 2.61. The van der Waals surface area contributed by atoms with Crippen molar-refractivity contribution < 1.29 is 9.90 Å². The molecule has 0 aromatic heterocycles. The molecular formula is C28H48O2. The zero-order chi connectivity index (χ0) is 21.7. The second kappa shape index (κ2) is 8.53. The Hall–Kier alpha value is -0.370. The van der Waals surface area contributed by atoms with Crippen LogP contribution in [0.15, 0.2) is 0 Å². The van der Waals surface area contributed by atoms with Crippen molar-refractivity contribution in [3.63, 3.8) is 0 Å². The number of rotatable bonds is 6. The van der Waals surface area contributed by atoms with Gasteiger partial charge in [0.2, 0.25) is 0 Å². The van der Waals surface area contributed by atoms with Crippen LogP contribution in [0.25, 0.3) is 0 Å². The van der Waals surface area contributed by atoms with E-state index in [2.05, 4.69) is 34.6 Å². The number of Topliss-reactive ketones (excluding diaryl/α,β-unsaturated/α-hetero) is 1. The lowest BCUT2D eigenvalue weighted by molar-refractivity contribution is -0.154. The van der Waals surface area contributed by atoms with E-state index < -0.39 is 0 Å². The summed E-state index contributed by atoms with van der Waals surface area (Å²) in [7, 11) is 0. The first-order valence-electron chi connectivity index (χ1n) is 13.4. The van der Waals surface area contributed by atoms with Crippen LogP contribution < -0.4 is 0 Å². The van der Waals surface area contributed by atoms with Crippen LogP contribution in [-0.2, 0) is 4.79 Å². The Balaban J connectivity index is 1.47. The Kier molecular flexibility index (Phi) is 6.48. The minimum atomic E-state index is 0.305. The molecule has 30 heavy (non-hydrogen) atoms. The molecular weight excluding hydrogens is 368 g/mol. The molecule has 4 saturated carbocycles. The number of ketones is 1. The smallest absolute Gasteiger partial charge is 0.136 e. The van der Waals surface area contributed by atoms with Gasteiger partial charge in [-0.1, -0.05) is 60.3 Å². The first kappa shape index (κ1) is 22.8. The Morgan fingerprint density at radius 1 is 0.900 bits per heavy atom. The van der Waals surface area contributed by atoms with E-state index in [9.17, 15) is 9.90 Å². The molecule has 0 bridgehead atoms. The molecule has 4 fully saturated rings. The van der Waals surface area contributed by atoms with Gasteiger partial charge >= 0.3 is 0 Å². The van der Waals surface area contributed by atoms with Gasteiger partial charge in [-0.15, -0.1) is 0 Å². The Morgan fingerprint density at radius 2 is 1.63 bits per heavy atom. The van der Waals surface area contributed by atoms with E-state index in [-0.39, 0.29) is 0 Å². The summed E-state index contributed by atoms with van der Waals surface area (Å²) in [5, 5.41) is 9.48. The molecule has 10 atom stereocenters. The normalized spacial score (nSPS) is 46.5. The van der Waals surface area contributed by atoms with Crippen LogP contribution in [0.4, 0.5) is 0 Å². The van der Waals surface area contributed by atoms with E-state index in [0.717, 1.165) is 30.1 Å². The van der Waals surface area contributed by atoms with E-state index in [1.807, 2.05) is 0 Å². The molecule has 2 unspecified atom stereocenters. The number of fused-ring (bicyclic) bond motifs is 5. The summed E-state index contributed by atoms with van der Waals surface area (Å²) in [6.07, 6.45) is 14.0. The van der Waals surface area contributed by atoms with Gasteiger partial charge in [-0.3, -0.25) is 4.79 Å². The maximum absolute atomic E-state index is 13.2. The van der Waals surface area contributed by atoms with Gasteiger partial charge in [0, 0.05) is 18.9 Å². The van der Waals surface area contributed by atoms with E-state index in [4.69, 9.17) is 0 Å². The topological polar surface area (TPSA) is 37.3 Å². The predicted octanol–water partition coefficient (Wildman–Crippen LogP) is 6.90. The highest BCUT2D eigenvalue weighted by molar-refractivity contribution is 5.83. The summed E-state index contributed by atoms with van der Waals surface area (Å²) in [5.74, 6) is 5.87. The van der Waals surface area contributed by atoms with Crippen molar-refractivity contribution in [2.75, 3.05) is 6.61 Å². The third kappa shape index (κ3) is 3.61. The second-order valence-corrected chi connectivity index (χ2v) is 12.8. The molecule has 0 aromatic carbocycles. The largest absolute Gasteiger partial charge is 0.396 e. The Bertz CT molecular complexity index is 628. The fourth-order valence-corrected chi connectivity index (χ4v) is 9.26. The summed E-state index contributed by atoms with van der Waals surface area (Å²) in [5.41, 5.74) is 0.754. The standard InChI is InChI=1S/C28H48O2/c1-18(20(3)17-29)9-10-19(2)22-11-12-23-21-16-26(30)25-8-6-7-14-27(25,4)24(21)13-15-28(22,23)5/h18-25,29H,6-17H2,1-5H3/t18-,19-,20?,21+,22-,23+,24+,25?,27-,28-/m1/s1. The highest BCUT2D eigenvalue weighted by Crippen LogP contribution is 2.67. The minimum Gasteiger partial charge on any atom is -0.396 e. The predicted molar refractivity (Wildman–Crippen MR) is 124 cm³/mol. The van der Waals surface area contributed by atoms with Crippen LogP contribution >= 0.6 is 0 Å². The molecule has 0 aromatic rings. The van der Waals surface area contributed by atoms with E-state index in [0.29, 0.717) is 46.9 Å². The van der Waals surface area contributed by atoms with Gasteiger partial charge in [-0.05, 0) is 90.8 Å². The molecule has 0 spiro atoms. The van der Waals surface area contributed by atoms with Crippen molar-refractivity contribution in [1.82, 2.24) is 0 Å². The lowest BCUT2D eigenvalue weighted by Crippen LogP contribution is -2.56. The molecule has 2 nitrogen and oxygen atoms in total. The summed E-state index contributed by atoms with van der Waals surface area (Å²) >= 11 is 0. The van der Waals surface area contributed by atoms with E-state index in [1.54, 1.807) is 0 Å². The quantitative estimate of drug-likeness (QED) is 0.511. The molecule has 4 aliphatic rings. The average Bonchev–Trinajstić information content (AvgIpc) is 3.08. The number of hydrogen-bond acceptors (Lipinski definition) is 2. The molecule has 0 heterocycles. The monoisotopic (exact) mass is 416 g/mol. The molecule has 4 aliphatic carbocycles. The van der Waals surface area contributed by atoms with Crippen LogP contribution in [0.2, 0.25) is 0 Å². The molecule has 0 aliphatic heterocycles. The van der Waals surface area contributed by atoms with Gasteiger partial charge in [0.05, 0.1) is 0 Å².